The average Bonchev–Trinajstić information content (AvgIpc) is 2.73. The van der Waals surface area contributed by atoms with Gasteiger partial charge in [-0.15, -0.1) is 0 Å². The van der Waals surface area contributed by atoms with Crippen molar-refractivity contribution in [1.29, 1.82) is 0 Å². The van der Waals surface area contributed by atoms with E-state index in [0.29, 0.717) is 12.0 Å². The lowest BCUT2D eigenvalue weighted by Crippen LogP contribution is -2.50. The molecule has 4 atom stereocenters. The molecule has 0 bridgehead atoms. The molecule has 0 unspecified atom stereocenters. The molecule has 0 saturated carbocycles. The number of carbonyl (C=O) groups is 1. The summed E-state index contributed by atoms with van der Waals surface area (Å²) in [5.74, 6) is 5.28. The quantitative estimate of drug-likeness (QED) is 0.647. The molecule has 1 amide bonds. The van der Waals surface area contributed by atoms with Crippen LogP contribution in [0.25, 0.3) is 0 Å². The maximum Gasteiger partial charge on any atom is 0.247 e. The van der Waals surface area contributed by atoms with E-state index in [4.69, 9.17) is 4.74 Å². The molecule has 1 aliphatic heterocycles. The third kappa shape index (κ3) is 5.98. The molecule has 2 rings (SSSR count). The number of hydrogen-bond acceptors (Lipinski definition) is 6. The number of rotatable bonds is 5. The molecule has 1 aromatic rings. The van der Waals surface area contributed by atoms with Gasteiger partial charge in [-0.2, -0.15) is 4.31 Å². The van der Waals surface area contributed by atoms with Crippen LogP contribution in [-0.4, -0.2) is 78.7 Å². The van der Waals surface area contributed by atoms with Crippen LogP contribution in [0.2, 0.25) is 0 Å². The minimum atomic E-state index is -3.94. The van der Waals surface area contributed by atoms with Crippen molar-refractivity contribution in [2.45, 2.75) is 57.3 Å². The molecule has 172 valence electrons. The van der Waals surface area contributed by atoms with Crippen molar-refractivity contribution in [1.82, 2.24) is 9.21 Å². The van der Waals surface area contributed by atoms with Crippen LogP contribution in [0.15, 0.2) is 23.1 Å². The number of benzene rings is 1. The van der Waals surface area contributed by atoms with Crippen LogP contribution in [-0.2, 0) is 14.8 Å². The average molecular weight is 453 g/mol. The van der Waals surface area contributed by atoms with Gasteiger partial charge in [-0.3, -0.25) is 4.79 Å². The molecule has 1 heterocycles. The summed E-state index contributed by atoms with van der Waals surface area (Å²) >= 11 is 0. The van der Waals surface area contributed by atoms with Gasteiger partial charge in [0.25, 0.3) is 0 Å². The van der Waals surface area contributed by atoms with Gasteiger partial charge in [-0.1, -0.05) is 25.7 Å². The molecular weight excluding hydrogens is 420 g/mol. The van der Waals surface area contributed by atoms with Crippen LogP contribution in [0.5, 0.6) is 5.75 Å². The van der Waals surface area contributed by atoms with Crippen LogP contribution in [0.3, 0.4) is 0 Å². The van der Waals surface area contributed by atoms with Gasteiger partial charge in [-0.25, -0.2) is 8.42 Å². The zero-order valence-corrected chi connectivity index (χ0v) is 19.5. The van der Waals surface area contributed by atoms with Gasteiger partial charge in [0.15, 0.2) is 0 Å². The van der Waals surface area contributed by atoms with E-state index in [2.05, 4.69) is 11.8 Å². The Labute approximate surface area is 184 Å². The van der Waals surface area contributed by atoms with Crippen molar-refractivity contribution in [3.05, 3.63) is 23.8 Å². The van der Waals surface area contributed by atoms with E-state index < -0.39 is 28.3 Å². The fraction of sp³-hybridized carbons (Fsp3) is 0.591. The lowest BCUT2D eigenvalue weighted by molar-refractivity contribution is -0.131. The van der Waals surface area contributed by atoms with Crippen LogP contribution in [0.4, 0.5) is 0 Å². The highest BCUT2D eigenvalue weighted by Crippen LogP contribution is 2.34. The molecule has 9 heteroatoms. The Hall–Kier alpha value is -2.12. The number of aliphatic hydroxyl groups is 2. The van der Waals surface area contributed by atoms with E-state index in [1.54, 1.807) is 31.9 Å². The van der Waals surface area contributed by atoms with Crippen molar-refractivity contribution in [3.63, 3.8) is 0 Å². The third-order valence-electron chi connectivity index (χ3n) is 5.27. The number of fused-ring (bicyclic) bond motifs is 1. The molecule has 0 aliphatic carbocycles. The number of aliphatic hydroxyl groups excluding tert-OH is 2. The Bertz CT molecular complexity index is 950. The van der Waals surface area contributed by atoms with Gasteiger partial charge >= 0.3 is 0 Å². The standard InChI is InChI=1S/C22H32N2O6S/c1-6-22(27)23(5)13-20-15(2)12-24(16(3)14-25)31(28,29)21-10-9-18(8-7-17(4)26)11-19(21)30-20/h9-11,15-17,20,25-26H,6,12-14H2,1-5H3/t15-,16-,17-,20+/m1/s1. The first-order valence-electron chi connectivity index (χ1n) is 10.4. The fourth-order valence-corrected chi connectivity index (χ4v) is 5.18. The van der Waals surface area contributed by atoms with Crippen molar-refractivity contribution in [2.75, 3.05) is 26.7 Å². The predicted octanol–water partition coefficient (Wildman–Crippen LogP) is 1.06. The Morgan fingerprint density at radius 3 is 2.65 bits per heavy atom. The first-order valence-corrected chi connectivity index (χ1v) is 11.8. The Morgan fingerprint density at radius 1 is 1.39 bits per heavy atom. The van der Waals surface area contributed by atoms with E-state index in [9.17, 15) is 23.4 Å². The Balaban J connectivity index is 2.58. The van der Waals surface area contributed by atoms with Crippen molar-refractivity contribution in [3.8, 4) is 17.6 Å². The number of sulfonamides is 1. The second kappa shape index (κ2) is 10.5. The molecule has 0 spiro atoms. The SMILES string of the molecule is CCC(=O)N(C)C[C@@H]1Oc2cc(C#C[C@@H](C)O)ccc2S(=O)(=O)N([C@H](C)CO)C[C@H]1C. The fourth-order valence-electron chi connectivity index (χ4n) is 3.35. The van der Waals surface area contributed by atoms with Crippen LogP contribution >= 0.6 is 0 Å². The second-order valence-electron chi connectivity index (χ2n) is 7.97. The summed E-state index contributed by atoms with van der Waals surface area (Å²) in [4.78, 5) is 13.7. The lowest BCUT2D eigenvalue weighted by atomic mass is 10.0. The van der Waals surface area contributed by atoms with Gasteiger partial charge in [0, 0.05) is 37.5 Å². The van der Waals surface area contributed by atoms with Gasteiger partial charge in [-0.05, 0) is 32.0 Å². The Morgan fingerprint density at radius 2 is 2.06 bits per heavy atom. The molecule has 31 heavy (non-hydrogen) atoms. The Kier molecular flexibility index (Phi) is 8.49. The molecule has 1 aliphatic rings. The molecule has 1 aromatic carbocycles. The summed E-state index contributed by atoms with van der Waals surface area (Å²) in [5, 5.41) is 19.1. The minimum Gasteiger partial charge on any atom is -0.487 e. The monoisotopic (exact) mass is 452 g/mol. The number of carbonyl (C=O) groups excluding carboxylic acids is 1. The minimum absolute atomic E-state index is 0.0169. The van der Waals surface area contributed by atoms with Crippen LogP contribution in [0.1, 0.15) is 39.7 Å². The van der Waals surface area contributed by atoms with E-state index >= 15 is 0 Å². The largest absolute Gasteiger partial charge is 0.487 e. The number of amides is 1. The molecule has 0 fully saturated rings. The number of likely N-dealkylation sites (N-methyl/N-ethyl adjacent to an activating group) is 1. The first-order chi connectivity index (χ1) is 14.5. The van der Waals surface area contributed by atoms with E-state index in [-0.39, 0.29) is 42.2 Å². The van der Waals surface area contributed by atoms with Crippen molar-refractivity contribution in [2.24, 2.45) is 5.92 Å². The van der Waals surface area contributed by atoms with Gasteiger partial charge in [0.05, 0.1) is 13.2 Å². The molecular formula is C22H32N2O6S. The molecule has 0 radical (unpaired) electrons. The highest BCUT2D eigenvalue weighted by atomic mass is 32.2. The molecule has 2 N–H and O–H groups in total. The maximum absolute atomic E-state index is 13.4. The topological polar surface area (TPSA) is 107 Å². The first kappa shape index (κ1) is 25.1. The highest BCUT2D eigenvalue weighted by molar-refractivity contribution is 7.89. The van der Waals surface area contributed by atoms with Crippen molar-refractivity contribution >= 4 is 15.9 Å². The van der Waals surface area contributed by atoms with E-state index in [1.807, 2.05) is 6.92 Å². The lowest BCUT2D eigenvalue weighted by Gasteiger charge is -2.37. The number of ether oxygens (including phenoxy) is 1. The van der Waals surface area contributed by atoms with Gasteiger partial charge < -0.3 is 19.8 Å². The second-order valence-corrected chi connectivity index (χ2v) is 9.83. The zero-order chi connectivity index (χ0) is 23.3. The number of hydrogen-bond donors (Lipinski definition) is 2. The molecule has 8 nitrogen and oxygen atoms in total. The van der Waals surface area contributed by atoms with E-state index in [0.717, 1.165) is 0 Å². The van der Waals surface area contributed by atoms with Crippen molar-refractivity contribution < 1.29 is 28.2 Å². The van der Waals surface area contributed by atoms with E-state index in [1.165, 1.54) is 23.4 Å². The smallest absolute Gasteiger partial charge is 0.247 e. The predicted molar refractivity (Wildman–Crippen MR) is 117 cm³/mol. The van der Waals surface area contributed by atoms with Gasteiger partial charge in [0.2, 0.25) is 15.9 Å². The van der Waals surface area contributed by atoms with Gasteiger partial charge in [0.1, 0.15) is 22.9 Å². The molecule has 0 saturated heterocycles. The maximum atomic E-state index is 13.4. The molecule has 0 aromatic heterocycles. The summed E-state index contributed by atoms with van der Waals surface area (Å²) in [5.41, 5.74) is 0.501. The highest BCUT2D eigenvalue weighted by Gasteiger charge is 2.38. The normalized spacial score (nSPS) is 22.5. The summed E-state index contributed by atoms with van der Waals surface area (Å²) in [6, 6.07) is 3.91. The number of nitrogens with zero attached hydrogens (tertiary/aromatic N) is 2. The van der Waals surface area contributed by atoms with Crippen LogP contribution in [0, 0.1) is 17.8 Å². The zero-order valence-electron chi connectivity index (χ0n) is 18.7. The van der Waals surface area contributed by atoms with Crippen LogP contribution < -0.4 is 4.74 Å². The summed E-state index contributed by atoms with van der Waals surface area (Å²) in [7, 11) is -2.25. The summed E-state index contributed by atoms with van der Waals surface area (Å²) in [6.45, 7) is 6.94. The summed E-state index contributed by atoms with van der Waals surface area (Å²) in [6.07, 6.45) is -0.938. The summed E-state index contributed by atoms with van der Waals surface area (Å²) < 4.78 is 34.2. The third-order valence-corrected chi connectivity index (χ3v) is 7.29.